The molecule has 0 atom stereocenters. The monoisotopic (exact) mass is 234 g/mol. The lowest BCUT2D eigenvalue weighted by molar-refractivity contribution is 0.0702. The zero-order chi connectivity index (χ0) is 10.3. The van der Waals surface area contributed by atoms with E-state index in [2.05, 4.69) is 0 Å². The number of fused-ring (bicyclic) bond motifs is 1. The molecule has 0 aromatic carbocycles. The van der Waals surface area contributed by atoms with Crippen molar-refractivity contribution in [1.82, 2.24) is 0 Å². The standard InChI is InChI=1S/C8H4F2O2S2/c9-7(10)5-1-3-4(13-5)2-6(14-3)8(11)12/h1-2,7H,(H,11,12). The van der Waals surface area contributed by atoms with Gasteiger partial charge in [-0.2, -0.15) is 0 Å². The number of alkyl halides is 2. The van der Waals surface area contributed by atoms with E-state index >= 15 is 0 Å². The second kappa shape index (κ2) is 3.29. The fourth-order valence-electron chi connectivity index (χ4n) is 1.07. The number of halogens is 2. The van der Waals surface area contributed by atoms with Gasteiger partial charge in [-0.25, -0.2) is 13.6 Å². The third kappa shape index (κ3) is 1.51. The van der Waals surface area contributed by atoms with Crippen LogP contribution in [0.4, 0.5) is 8.78 Å². The Morgan fingerprint density at radius 3 is 2.43 bits per heavy atom. The summed E-state index contributed by atoms with van der Waals surface area (Å²) in [5.41, 5.74) is 0. The molecule has 0 aliphatic carbocycles. The molecule has 6 heteroatoms. The van der Waals surface area contributed by atoms with Crippen molar-refractivity contribution in [3.8, 4) is 0 Å². The van der Waals surface area contributed by atoms with E-state index in [1.54, 1.807) is 0 Å². The molecule has 0 saturated carbocycles. The maximum Gasteiger partial charge on any atom is 0.345 e. The molecule has 14 heavy (non-hydrogen) atoms. The minimum atomic E-state index is -2.48. The number of carboxylic acids is 1. The van der Waals surface area contributed by atoms with Crippen LogP contribution in [0.25, 0.3) is 9.40 Å². The van der Waals surface area contributed by atoms with Crippen molar-refractivity contribution in [2.75, 3.05) is 0 Å². The molecule has 0 spiro atoms. The number of hydrogen-bond donors (Lipinski definition) is 1. The van der Waals surface area contributed by atoms with Crippen LogP contribution in [-0.4, -0.2) is 11.1 Å². The Morgan fingerprint density at radius 1 is 1.29 bits per heavy atom. The first-order valence-electron chi connectivity index (χ1n) is 3.62. The molecule has 0 bridgehead atoms. The van der Waals surface area contributed by atoms with Crippen molar-refractivity contribution in [2.45, 2.75) is 6.43 Å². The summed E-state index contributed by atoms with van der Waals surface area (Å²) in [4.78, 5) is 10.7. The predicted molar refractivity (Wildman–Crippen MR) is 51.6 cm³/mol. The van der Waals surface area contributed by atoms with Crippen molar-refractivity contribution >= 4 is 38.0 Å². The Kier molecular flexibility index (Phi) is 2.24. The second-order valence-corrected chi connectivity index (χ2v) is 4.79. The summed E-state index contributed by atoms with van der Waals surface area (Å²) in [5.74, 6) is -1.02. The molecule has 0 aliphatic heterocycles. The molecule has 2 nitrogen and oxygen atoms in total. The van der Waals surface area contributed by atoms with Crippen molar-refractivity contribution in [2.24, 2.45) is 0 Å². The molecule has 0 saturated heterocycles. The van der Waals surface area contributed by atoms with Crippen molar-refractivity contribution in [1.29, 1.82) is 0 Å². The molecule has 2 aromatic rings. The average molecular weight is 234 g/mol. The summed E-state index contributed by atoms with van der Waals surface area (Å²) < 4.78 is 25.7. The Bertz CT molecular complexity index is 455. The first-order chi connectivity index (χ1) is 6.58. The fourth-order valence-corrected chi connectivity index (χ4v) is 3.17. The van der Waals surface area contributed by atoms with Gasteiger partial charge in [0.15, 0.2) is 0 Å². The zero-order valence-corrected chi connectivity index (χ0v) is 8.29. The lowest BCUT2D eigenvalue weighted by Gasteiger charge is -1.89. The van der Waals surface area contributed by atoms with E-state index in [9.17, 15) is 13.6 Å². The largest absolute Gasteiger partial charge is 0.477 e. The SMILES string of the molecule is O=C(O)c1cc2sc(C(F)F)cc2s1. The molecule has 0 amide bonds. The molecule has 0 radical (unpaired) electrons. The van der Waals surface area contributed by atoms with Crippen LogP contribution < -0.4 is 0 Å². The smallest absolute Gasteiger partial charge is 0.345 e. The van der Waals surface area contributed by atoms with Gasteiger partial charge in [-0.15, -0.1) is 22.7 Å². The van der Waals surface area contributed by atoms with E-state index in [-0.39, 0.29) is 9.75 Å². The van der Waals surface area contributed by atoms with E-state index in [1.807, 2.05) is 0 Å². The maximum atomic E-state index is 12.2. The molecular weight excluding hydrogens is 230 g/mol. The molecule has 1 N–H and O–H groups in total. The van der Waals surface area contributed by atoms with Gasteiger partial charge in [0, 0.05) is 9.40 Å². The second-order valence-electron chi connectivity index (χ2n) is 2.59. The Balaban J connectivity index is 2.50. The third-order valence-electron chi connectivity index (χ3n) is 1.65. The summed E-state index contributed by atoms with van der Waals surface area (Å²) in [7, 11) is 0. The summed E-state index contributed by atoms with van der Waals surface area (Å²) in [5, 5.41) is 8.65. The highest BCUT2D eigenvalue weighted by Gasteiger charge is 2.15. The van der Waals surface area contributed by atoms with Crippen molar-refractivity contribution in [3.63, 3.8) is 0 Å². The number of hydrogen-bond acceptors (Lipinski definition) is 3. The minimum Gasteiger partial charge on any atom is -0.477 e. The molecule has 2 rings (SSSR count). The topological polar surface area (TPSA) is 37.3 Å². The van der Waals surface area contributed by atoms with Crippen LogP contribution in [0.15, 0.2) is 12.1 Å². The molecule has 0 aliphatic rings. The van der Waals surface area contributed by atoms with Gasteiger partial charge in [-0.3, -0.25) is 0 Å². The normalized spacial score (nSPS) is 11.4. The van der Waals surface area contributed by atoms with Gasteiger partial charge < -0.3 is 5.11 Å². The molecule has 2 heterocycles. The summed E-state index contributed by atoms with van der Waals surface area (Å²) in [6.45, 7) is 0. The quantitative estimate of drug-likeness (QED) is 0.862. The van der Waals surface area contributed by atoms with Crippen molar-refractivity contribution in [3.05, 3.63) is 21.9 Å². The van der Waals surface area contributed by atoms with Crippen molar-refractivity contribution < 1.29 is 18.7 Å². The molecule has 74 valence electrons. The van der Waals surface area contributed by atoms with Crippen LogP contribution in [0, 0.1) is 0 Å². The van der Waals surface area contributed by atoms with Crippen LogP contribution in [-0.2, 0) is 0 Å². The van der Waals surface area contributed by atoms with Gasteiger partial charge in [0.25, 0.3) is 6.43 Å². The van der Waals surface area contributed by atoms with Gasteiger partial charge in [-0.05, 0) is 12.1 Å². The summed E-state index contributed by atoms with van der Waals surface area (Å²) >= 11 is 1.96. The van der Waals surface area contributed by atoms with E-state index in [0.29, 0.717) is 9.40 Å². The van der Waals surface area contributed by atoms with Gasteiger partial charge >= 0.3 is 5.97 Å². The fraction of sp³-hybridized carbons (Fsp3) is 0.125. The number of aromatic carboxylic acids is 1. The Labute approximate surface area is 85.4 Å². The van der Waals surface area contributed by atoms with Gasteiger partial charge in [0.1, 0.15) is 4.88 Å². The molecule has 0 unspecified atom stereocenters. The zero-order valence-electron chi connectivity index (χ0n) is 6.66. The van der Waals surface area contributed by atoms with E-state index < -0.39 is 12.4 Å². The lowest BCUT2D eigenvalue weighted by Crippen LogP contribution is -1.89. The maximum absolute atomic E-state index is 12.2. The molecule has 2 aromatic heterocycles. The summed E-state index contributed by atoms with van der Waals surface area (Å²) in [6, 6.07) is 2.78. The minimum absolute atomic E-state index is 0.0109. The van der Waals surface area contributed by atoms with Gasteiger partial charge in [0.05, 0.1) is 4.88 Å². The van der Waals surface area contributed by atoms with E-state index in [4.69, 9.17) is 5.11 Å². The van der Waals surface area contributed by atoms with Crippen LogP contribution in [0.1, 0.15) is 21.0 Å². The number of carbonyl (C=O) groups is 1. The van der Waals surface area contributed by atoms with Crippen LogP contribution in [0.3, 0.4) is 0 Å². The van der Waals surface area contributed by atoms with E-state index in [1.165, 1.54) is 12.1 Å². The van der Waals surface area contributed by atoms with Gasteiger partial charge in [0.2, 0.25) is 0 Å². The highest BCUT2D eigenvalue weighted by Crippen LogP contribution is 2.37. The highest BCUT2D eigenvalue weighted by atomic mass is 32.1. The predicted octanol–water partition coefficient (Wildman–Crippen LogP) is 3.60. The highest BCUT2D eigenvalue weighted by molar-refractivity contribution is 7.28. The summed E-state index contributed by atoms with van der Waals surface area (Å²) in [6.07, 6.45) is -2.48. The first kappa shape index (κ1) is 9.54. The third-order valence-corrected chi connectivity index (χ3v) is 3.94. The number of rotatable bonds is 2. The number of carboxylic acid groups (broad SMARTS) is 1. The molecule has 0 fully saturated rings. The molecular formula is C8H4F2O2S2. The number of thiophene rings is 2. The first-order valence-corrected chi connectivity index (χ1v) is 5.26. The van der Waals surface area contributed by atoms with Crippen LogP contribution >= 0.6 is 22.7 Å². The Hall–Kier alpha value is -1.01. The van der Waals surface area contributed by atoms with Crippen LogP contribution in [0.2, 0.25) is 0 Å². The van der Waals surface area contributed by atoms with Gasteiger partial charge in [-0.1, -0.05) is 0 Å². The Morgan fingerprint density at radius 2 is 1.93 bits per heavy atom. The van der Waals surface area contributed by atoms with Crippen LogP contribution in [0.5, 0.6) is 0 Å². The lowest BCUT2D eigenvalue weighted by atomic mass is 10.4. The van der Waals surface area contributed by atoms with E-state index in [0.717, 1.165) is 22.7 Å². The average Bonchev–Trinajstić information content (AvgIpc) is 2.57.